The molecular formula is C10H11F. The summed E-state index contributed by atoms with van der Waals surface area (Å²) in [7, 11) is 0. The van der Waals surface area contributed by atoms with Crippen molar-refractivity contribution in [1.29, 1.82) is 0 Å². The van der Waals surface area contributed by atoms with Crippen molar-refractivity contribution in [2.45, 2.75) is 19.0 Å². The highest BCUT2D eigenvalue weighted by Gasteiger charge is 3.10. The maximum Gasteiger partial charge on any atom is 0.121 e. The normalized spacial score (nSPS) is 95.5. The molecule has 58 valence electrons. The molecule has 6 rings (SSSR count). The molecular weight excluding hydrogens is 139 g/mol. The molecule has 6 fully saturated rings. The maximum atomic E-state index is 13.9. The van der Waals surface area contributed by atoms with Gasteiger partial charge in [0, 0.05) is 17.8 Å². The Balaban J connectivity index is 1.78. The third kappa shape index (κ3) is 0.158. The summed E-state index contributed by atoms with van der Waals surface area (Å²) in [4.78, 5) is 0. The van der Waals surface area contributed by atoms with Crippen molar-refractivity contribution in [3.05, 3.63) is 0 Å². The van der Waals surface area contributed by atoms with E-state index in [0.29, 0.717) is 23.2 Å². The van der Waals surface area contributed by atoms with Crippen LogP contribution in [0.2, 0.25) is 0 Å². The number of hydrogen-bond donors (Lipinski definition) is 0. The highest BCUT2D eigenvalue weighted by atomic mass is 19.1. The summed E-state index contributed by atoms with van der Waals surface area (Å²) >= 11 is 0. The predicted molar refractivity (Wildman–Crippen MR) is 37.5 cm³/mol. The first-order valence-electron chi connectivity index (χ1n) is 4.98. The molecule has 1 heteroatoms. The molecule has 0 nitrogen and oxygen atoms in total. The van der Waals surface area contributed by atoms with Gasteiger partial charge < -0.3 is 0 Å². The summed E-state index contributed by atoms with van der Waals surface area (Å²) in [6.45, 7) is 2.27. The van der Waals surface area contributed by atoms with E-state index in [0.717, 1.165) is 17.8 Å². The van der Waals surface area contributed by atoms with Crippen LogP contribution in [0.4, 0.5) is 4.39 Å². The van der Waals surface area contributed by atoms with Crippen LogP contribution in [0.15, 0.2) is 0 Å². The van der Waals surface area contributed by atoms with Gasteiger partial charge >= 0.3 is 0 Å². The standard InChI is InChI=1S/C10H11F/c1-2-9-5-3-6-4(5)8(9)10(6,11)7(3)9/h3-8H,2H2,1H3. The van der Waals surface area contributed by atoms with Gasteiger partial charge in [0.1, 0.15) is 5.67 Å². The molecule has 0 bridgehead atoms. The zero-order valence-corrected chi connectivity index (χ0v) is 6.55. The first kappa shape index (κ1) is 4.84. The lowest BCUT2D eigenvalue weighted by Crippen LogP contribution is -3.11. The van der Waals surface area contributed by atoms with Crippen molar-refractivity contribution in [2.75, 3.05) is 0 Å². The highest BCUT2D eigenvalue weighted by molar-refractivity contribution is 5.56. The average molecular weight is 150 g/mol. The molecule has 0 aromatic carbocycles. The van der Waals surface area contributed by atoms with Gasteiger partial charge in [-0.2, -0.15) is 0 Å². The Bertz CT molecular complexity index is 288. The van der Waals surface area contributed by atoms with Gasteiger partial charge in [0.2, 0.25) is 0 Å². The highest BCUT2D eigenvalue weighted by Crippen LogP contribution is 3.08. The molecule has 0 saturated heterocycles. The zero-order chi connectivity index (χ0) is 7.17. The van der Waals surface area contributed by atoms with Gasteiger partial charge in [-0.25, -0.2) is 4.39 Å². The molecule has 6 aliphatic rings. The van der Waals surface area contributed by atoms with Gasteiger partial charge in [-0.15, -0.1) is 0 Å². The lowest BCUT2D eigenvalue weighted by molar-refractivity contribution is -0.649. The third-order valence-corrected chi connectivity index (χ3v) is 6.28. The first-order valence-corrected chi connectivity index (χ1v) is 4.98. The minimum atomic E-state index is -0.569. The molecule has 6 aliphatic carbocycles. The largest absolute Gasteiger partial charge is 0.243 e. The Labute approximate surface area is 65.2 Å². The minimum absolute atomic E-state index is 0.569. The van der Waals surface area contributed by atoms with E-state index in [1.165, 1.54) is 6.42 Å². The van der Waals surface area contributed by atoms with E-state index in [-0.39, 0.29) is 0 Å². The molecule has 6 saturated carbocycles. The Morgan fingerprint density at radius 3 is 2.18 bits per heavy atom. The number of halogens is 1. The van der Waals surface area contributed by atoms with E-state index < -0.39 is 5.67 Å². The van der Waals surface area contributed by atoms with Crippen LogP contribution < -0.4 is 0 Å². The summed E-state index contributed by atoms with van der Waals surface area (Å²) in [6.07, 6.45) is 1.28. The fourth-order valence-electron chi connectivity index (χ4n) is 6.40. The van der Waals surface area contributed by atoms with Crippen molar-refractivity contribution in [3.63, 3.8) is 0 Å². The van der Waals surface area contributed by atoms with E-state index in [4.69, 9.17) is 0 Å². The molecule has 0 aliphatic heterocycles. The summed E-state index contributed by atoms with van der Waals surface area (Å²) in [5, 5.41) is 0. The van der Waals surface area contributed by atoms with Crippen LogP contribution >= 0.6 is 0 Å². The average Bonchev–Trinajstić information content (AvgIpc) is 2.03. The van der Waals surface area contributed by atoms with Gasteiger partial charge in [0.25, 0.3) is 0 Å². The number of alkyl halides is 1. The van der Waals surface area contributed by atoms with Crippen LogP contribution in [0.25, 0.3) is 0 Å². The quantitative estimate of drug-likeness (QED) is 0.535. The zero-order valence-electron chi connectivity index (χ0n) is 6.55. The molecule has 4 atom stereocenters. The molecule has 0 heterocycles. The van der Waals surface area contributed by atoms with E-state index in [1.54, 1.807) is 0 Å². The molecule has 0 N–H and O–H groups in total. The van der Waals surface area contributed by atoms with Crippen LogP contribution in [0.5, 0.6) is 0 Å². The molecule has 0 spiro atoms. The van der Waals surface area contributed by atoms with Crippen molar-refractivity contribution in [3.8, 4) is 0 Å². The van der Waals surface area contributed by atoms with Crippen LogP contribution in [0.3, 0.4) is 0 Å². The second-order valence-electron chi connectivity index (χ2n) is 5.45. The lowest BCUT2D eigenvalue weighted by Gasteiger charge is -3.09. The van der Waals surface area contributed by atoms with Crippen molar-refractivity contribution in [2.24, 2.45) is 40.9 Å². The molecule has 4 unspecified atom stereocenters. The molecule has 11 heavy (non-hydrogen) atoms. The molecule has 0 aromatic heterocycles. The van der Waals surface area contributed by atoms with Crippen molar-refractivity contribution in [1.82, 2.24) is 0 Å². The van der Waals surface area contributed by atoms with Gasteiger partial charge in [-0.1, -0.05) is 6.92 Å². The first-order chi connectivity index (χ1) is 5.29. The topological polar surface area (TPSA) is 0 Å². The minimum Gasteiger partial charge on any atom is -0.243 e. The second-order valence-corrected chi connectivity index (χ2v) is 5.45. The van der Waals surface area contributed by atoms with Crippen LogP contribution in [0.1, 0.15) is 13.3 Å². The summed E-state index contributed by atoms with van der Waals surface area (Å²) in [5.74, 6) is 4.57. The Kier molecular flexibility index (Phi) is 0.364. The van der Waals surface area contributed by atoms with Gasteiger partial charge in [0.15, 0.2) is 0 Å². The summed E-state index contributed by atoms with van der Waals surface area (Å²) < 4.78 is 13.9. The van der Waals surface area contributed by atoms with Crippen LogP contribution in [-0.2, 0) is 0 Å². The fourth-order valence-corrected chi connectivity index (χ4v) is 6.40. The SMILES string of the molecule is CCC12C3C4C5C3C1C5(F)C42. The van der Waals surface area contributed by atoms with Gasteiger partial charge in [-0.05, 0) is 29.6 Å². The lowest BCUT2D eigenvalue weighted by atomic mass is 8.95. The third-order valence-electron chi connectivity index (χ3n) is 6.28. The van der Waals surface area contributed by atoms with Gasteiger partial charge in [0.05, 0.1) is 0 Å². The van der Waals surface area contributed by atoms with Crippen molar-refractivity contribution < 1.29 is 4.39 Å². The fraction of sp³-hybridized carbons (Fsp3) is 1.00. The van der Waals surface area contributed by atoms with Crippen LogP contribution in [0, 0.1) is 40.9 Å². The van der Waals surface area contributed by atoms with E-state index in [9.17, 15) is 4.39 Å². The second kappa shape index (κ2) is 0.828. The Morgan fingerprint density at radius 2 is 1.82 bits per heavy atom. The van der Waals surface area contributed by atoms with Gasteiger partial charge in [-0.3, -0.25) is 0 Å². The van der Waals surface area contributed by atoms with Crippen molar-refractivity contribution >= 4 is 0 Å². The molecule has 0 aromatic rings. The van der Waals surface area contributed by atoms with E-state index >= 15 is 0 Å². The summed E-state index contributed by atoms with van der Waals surface area (Å²) in [6, 6.07) is 0. The maximum absolute atomic E-state index is 13.9. The number of hydrogen-bond acceptors (Lipinski definition) is 0. The Morgan fingerprint density at radius 1 is 1.18 bits per heavy atom. The predicted octanol–water partition coefficient (Wildman–Crippen LogP) is 1.86. The van der Waals surface area contributed by atoms with Crippen LogP contribution in [-0.4, -0.2) is 5.67 Å². The Hall–Kier alpha value is -0.0700. The smallest absolute Gasteiger partial charge is 0.121 e. The summed E-state index contributed by atoms with van der Waals surface area (Å²) in [5.41, 5.74) is 0.0267. The molecule has 0 amide bonds. The van der Waals surface area contributed by atoms with E-state index in [1.807, 2.05) is 0 Å². The monoisotopic (exact) mass is 150 g/mol. The number of rotatable bonds is 1. The van der Waals surface area contributed by atoms with E-state index in [2.05, 4.69) is 6.92 Å². The molecule has 0 radical (unpaired) electrons.